The molecule has 0 aromatic carbocycles. The fourth-order valence-corrected chi connectivity index (χ4v) is 3.04. The number of rotatable bonds is 5. The van der Waals surface area contributed by atoms with Gasteiger partial charge in [-0.05, 0) is 49.5 Å². The molecule has 0 unspecified atom stereocenters. The molecule has 3 heteroatoms. The van der Waals surface area contributed by atoms with E-state index in [-0.39, 0.29) is 5.97 Å². The molecule has 0 bridgehead atoms. The lowest BCUT2D eigenvalue weighted by atomic mass is 9.96. The summed E-state index contributed by atoms with van der Waals surface area (Å²) in [5, 5.41) is 0. The molecular formula is C15H20O3. The van der Waals surface area contributed by atoms with Crippen molar-refractivity contribution in [1.82, 2.24) is 0 Å². The highest BCUT2D eigenvalue weighted by molar-refractivity contribution is 5.75. The van der Waals surface area contributed by atoms with Gasteiger partial charge in [0.05, 0.1) is 7.11 Å². The number of unbranched alkanes of at least 4 members (excludes halogenated alkanes) is 1. The third kappa shape index (κ3) is 2.89. The standard InChI is InChI=1S/C15H20O3/c1-18-15(17)5-3-2-4-11-8-12-6-7-13(10-16)14(12)9-11/h4,7,10,12,14H,2-3,5-6,8-9H2,1H3/b11-4+/t12-,14+/m1/s1. The van der Waals surface area contributed by atoms with E-state index in [0.717, 1.165) is 44.0 Å². The lowest BCUT2D eigenvalue weighted by molar-refractivity contribution is -0.140. The topological polar surface area (TPSA) is 43.4 Å². The highest BCUT2D eigenvalue weighted by Gasteiger charge is 2.35. The van der Waals surface area contributed by atoms with E-state index in [1.54, 1.807) is 0 Å². The number of carbonyl (C=O) groups excluding carboxylic acids is 2. The van der Waals surface area contributed by atoms with Gasteiger partial charge in [-0.2, -0.15) is 0 Å². The van der Waals surface area contributed by atoms with Crippen molar-refractivity contribution in [3.8, 4) is 0 Å². The first-order valence-electron chi connectivity index (χ1n) is 6.64. The second kappa shape index (κ2) is 5.98. The van der Waals surface area contributed by atoms with E-state index in [2.05, 4.69) is 16.9 Å². The predicted octanol–water partition coefficient (Wildman–Crippen LogP) is 2.81. The molecule has 0 spiro atoms. The molecule has 2 aliphatic rings. The maximum atomic E-state index is 11.0. The first-order valence-corrected chi connectivity index (χ1v) is 6.64. The SMILES string of the molecule is COC(=O)CCC/C=C1\C[C@H]2CC=C(C=O)[C@H]2C1. The summed E-state index contributed by atoms with van der Waals surface area (Å²) in [6, 6.07) is 0. The van der Waals surface area contributed by atoms with Crippen molar-refractivity contribution in [3.05, 3.63) is 23.3 Å². The smallest absolute Gasteiger partial charge is 0.305 e. The number of esters is 1. The molecule has 18 heavy (non-hydrogen) atoms. The minimum atomic E-state index is -0.136. The lowest BCUT2D eigenvalue weighted by Gasteiger charge is -2.07. The molecule has 98 valence electrons. The van der Waals surface area contributed by atoms with Crippen molar-refractivity contribution in [1.29, 1.82) is 0 Å². The first-order chi connectivity index (χ1) is 8.74. The summed E-state index contributed by atoms with van der Waals surface area (Å²) < 4.78 is 4.61. The minimum absolute atomic E-state index is 0.136. The number of carbonyl (C=O) groups is 2. The van der Waals surface area contributed by atoms with Crippen LogP contribution in [-0.2, 0) is 14.3 Å². The zero-order valence-corrected chi connectivity index (χ0v) is 10.9. The summed E-state index contributed by atoms with van der Waals surface area (Å²) in [6.45, 7) is 0. The zero-order valence-electron chi connectivity index (χ0n) is 10.9. The van der Waals surface area contributed by atoms with Gasteiger partial charge in [0.1, 0.15) is 6.29 Å². The minimum Gasteiger partial charge on any atom is -0.469 e. The van der Waals surface area contributed by atoms with Gasteiger partial charge in [-0.25, -0.2) is 0 Å². The van der Waals surface area contributed by atoms with Crippen LogP contribution in [0.2, 0.25) is 0 Å². The van der Waals surface area contributed by atoms with Crippen molar-refractivity contribution in [2.24, 2.45) is 11.8 Å². The summed E-state index contributed by atoms with van der Waals surface area (Å²) in [5.41, 5.74) is 2.46. The number of aldehydes is 1. The molecule has 0 amide bonds. The van der Waals surface area contributed by atoms with E-state index in [1.807, 2.05) is 0 Å². The average molecular weight is 248 g/mol. The third-order valence-electron chi connectivity index (χ3n) is 4.04. The van der Waals surface area contributed by atoms with Gasteiger partial charge in [-0.3, -0.25) is 9.59 Å². The van der Waals surface area contributed by atoms with Crippen molar-refractivity contribution in [3.63, 3.8) is 0 Å². The second-order valence-electron chi connectivity index (χ2n) is 5.16. The molecule has 0 aromatic heterocycles. The third-order valence-corrected chi connectivity index (χ3v) is 4.04. The van der Waals surface area contributed by atoms with Gasteiger partial charge in [0.15, 0.2) is 0 Å². The average Bonchev–Trinajstić information content (AvgIpc) is 2.93. The van der Waals surface area contributed by atoms with Gasteiger partial charge in [-0.1, -0.05) is 17.7 Å². The van der Waals surface area contributed by atoms with Crippen LogP contribution in [0.15, 0.2) is 23.3 Å². The summed E-state index contributed by atoms with van der Waals surface area (Å²) >= 11 is 0. The molecule has 1 fully saturated rings. The van der Waals surface area contributed by atoms with Crippen LogP contribution in [0.4, 0.5) is 0 Å². The Labute approximate surface area is 108 Å². The maximum absolute atomic E-state index is 11.0. The van der Waals surface area contributed by atoms with Gasteiger partial charge in [0.25, 0.3) is 0 Å². The first kappa shape index (κ1) is 13.1. The van der Waals surface area contributed by atoms with Crippen LogP contribution >= 0.6 is 0 Å². The Balaban J connectivity index is 1.77. The van der Waals surface area contributed by atoms with Crippen molar-refractivity contribution in [2.75, 3.05) is 7.11 Å². The monoisotopic (exact) mass is 248 g/mol. The van der Waals surface area contributed by atoms with Gasteiger partial charge >= 0.3 is 5.97 Å². The maximum Gasteiger partial charge on any atom is 0.305 e. The fraction of sp³-hybridized carbons (Fsp3) is 0.600. The molecule has 0 saturated heterocycles. The Kier molecular flexibility index (Phi) is 4.34. The summed E-state index contributed by atoms with van der Waals surface area (Å²) in [7, 11) is 1.42. The van der Waals surface area contributed by atoms with E-state index in [0.29, 0.717) is 18.3 Å². The summed E-state index contributed by atoms with van der Waals surface area (Å²) in [4.78, 5) is 21.8. The highest BCUT2D eigenvalue weighted by Crippen LogP contribution is 2.46. The van der Waals surface area contributed by atoms with Gasteiger partial charge in [0, 0.05) is 6.42 Å². The zero-order chi connectivity index (χ0) is 13.0. The number of methoxy groups -OCH3 is 1. The van der Waals surface area contributed by atoms with E-state index < -0.39 is 0 Å². The van der Waals surface area contributed by atoms with E-state index in [1.165, 1.54) is 12.7 Å². The normalized spacial score (nSPS) is 28.1. The molecule has 2 atom stereocenters. The molecule has 2 aliphatic carbocycles. The summed E-state index contributed by atoms with van der Waals surface area (Å²) in [6.07, 6.45) is 10.9. The molecule has 3 nitrogen and oxygen atoms in total. The van der Waals surface area contributed by atoms with E-state index >= 15 is 0 Å². The molecule has 0 heterocycles. The Morgan fingerprint density at radius 3 is 3.06 bits per heavy atom. The molecule has 0 radical (unpaired) electrons. The van der Waals surface area contributed by atoms with Gasteiger partial charge < -0.3 is 4.74 Å². The number of ether oxygens (including phenoxy) is 1. The Hall–Kier alpha value is -1.38. The molecule has 0 aromatic rings. The molecule has 2 rings (SSSR count). The van der Waals surface area contributed by atoms with Gasteiger partial charge in [0.2, 0.25) is 0 Å². The number of hydrogen-bond acceptors (Lipinski definition) is 3. The van der Waals surface area contributed by atoms with Crippen LogP contribution < -0.4 is 0 Å². The Morgan fingerprint density at radius 1 is 1.50 bits per heavy atom. The second-order valence-corrected chi connectivity index (χ2v) is 5.16. The van der Waals surface area contributed by atoms with E-state index in [9.17, 15) is 9.59 Å². The molecule has 0 aliphatic heterocycles. The number of allylic oxidation sites excluding steroid dienone is 4. The largest absolute Gasteiger partial charge is 0.469 e. The van der Waals surface area contributed by atoms with Crippen LogP contribution in [0.3, 0.4) is 0 Å². The van der Waals surface area contributed by atoms with Crippen LogP contribution in [0.25, 0.3) is 0 Å². The van der Waals surface area contributed by atoms with Crippen molar-refractivity contribution < 1.29 is 14.3 Å². The Bertz CT molecular complexity index is 393. The quantitative estimate of drug-likeness (QED) is 0.325. The number of hydrogen-bond donors (Lipinski definition) is 0. The van der Waals surface area contributed by atoms with Crippen LogP contribution in [0.5, 0.6) is 0 Å². The van der Waals surface area contributed by atoms with Gasteiger partial charge in [-0.15, -0.1) is 0 Å². The van der Waals surface area contributed by atoms with Crippen LogP contribution in [0, 0.1) is 11.8 Å². The van der Waals surface area contributed by atoms with Crippen LogP contribution in [0.1, 0.15) is 38.5 Å². The molecule has 1 saturated carbocycles. The fourth-order valence-electron chi connectivity index (χ4n) is 3.04. The lowest BCUT2D eigenvalue weighted by Crippen LogP contribution is -2.03. The summed E-state index contributed by atoms with van der Waals surface area (Å²) in [5.74, 6) is 0.981. The molecule has 0 N–H and O–H groups in total. The molecular weight excluding hydrogens is 228 g/mol. The van der Waals surface area contributed by atoms with E-state index in [4.69, 9.17) is 0 Å². The Morgan fingerprint density at radius 2 is 2.33 bits per heavy atom. The highest BCUT2D eigenvalue weighted by atomic mass is 16.5. The van der Waals surface area contributed by atoms with Crippen LogP contribution in [-0.4, -0.2) is 19.4 Å². The number of fused-ring (bicyclic) bond motifs is 1. The predicted molar refractivity (Wildman–Crippen MR) is 68.9 cm³/mol. The van der Waals surface area contributed by atoms with Crippen molar-refractivity contribution in [2.45, 2.75) is 38.5 Å². The van der Waals surface area contributed by atoms with Crippen molar-refractivity contribution >= 4 is 12.3 Å².